The number of methoxy groups -OCH3 is 1. The van der Waals surface area contributed by atoms with Crippen LogP contribution >= 0.6 is 0 Å². The number of rotatable bonds is 23. The van der Waals surface area contributed by atoms with Gasteiger partial charge in [-0.2, -0.15) is 0 Å². The molecule has 0 amide bonds. The van der Waals surface area contributed by atoms with Gasteiger partial charge in [-0.25, -0.2) is 16.8 Å². The second kappa shape index (κ2) is 32.2. The molecule has 32 atom stereocenters. The van der Waals surface area contributed by atoms with Crippen molar-refractivity contribution < 1.29 is 221 Å². The molecule has 34 nitrogen and oxygen atoms in total. The van der Waals surface area contributed by atoms with Crippen LogP contribution in [-0.2, 0) is 100 Å². The average molecular weight is 1480 g/mol. The van der Waals surface area contributed by atoms with Crippen LogP contribution in [0.5, 0.6) is 0 Å². The van der Waals surface area contributed by atoms with E-state index in [1.807, 2.05) is 27.7 Å². The molecule has 6 saturated heterocycles. The van der Waals surface area contributed by atoms with Crippen molar-refractivity contribution in [3.05, 3.63) is 23.8 Å². The Labute approximate surface area is 617 Å². The maximum Gasteiger partial charge on any atom is 1.00 e. The number of hydrogen-bond donors (Lipinski definition) is 11. The summed E-state index contributed by atoms with van der Waals surface area (Å²) in [7, 11) is -10.1. The Kier molecular flexibility index (Phi) is 27.3. The minimum Gasteiger partial charge on any atom is -0.726 e. The maximum atomic E-state index is 14.8. The number of allylic oxidation sites excluding steroid dienone is 3. The summed E-state index contributed by atoms with van der Waals surface area (Å²) in [5.41, 5.74) is -1.88. The van der Waals surface area contributed by atoms with E-state index in [4.69, 9.17) is 65.8 Å². The molecule has 6 aliphatic heterocycles. The molecular weight excluding hydrogens is 1390 g/mol. The van der Waals surface area contributed by atoms with Gasteiger partial charge in [0, 0.05) is 19.4 Å². The Morgan fingerprint density at radius 1 is 0.657 bits per heavy atom. The molecule has 10 aliphatic rings. The van der Waals surface area contributed by atoms with Crippen LogP contribution in [0.25, 0.3) is 0 Å². The molecule has 6 heterocycles. The van der Waals surface area contributed by atoms with E-state index in [0.717, 1.165) is 24.7 Å². The summed E-state index contributed by atoms with van der Waals surface area (Å²) in [6.07, 6.45) is -40.7. The molecule has 556 valence electrons. The van der Waals surface area contributed by atoms with Gasteiger partial charge in [-0.1, -0.05) is 44.9 Å². The first-order valence-electron chi connectivity index (χ1n) is 32.6. The van der Waals surface area contributed by atoms with Crippen molar-refractivity contribution in [2.45, 2.75) is 265 Å². The zero-order valence-electron chi connectivity index (χ0n) is 57.0. The second-order valence-corrected chi connectivity index (χ2v) is 31.0. The molecule has 0 aromatic rings. The molecule has 0 bridgehead atoms. The van der Waals surface area contributed by atoms with E-state index in [0.29, 0.717) is 51.4 Å². The summed E-state index contributed by atoms with van der Waals surface area (Å²) < 4.78 is 159. The van der Waals surface area contributed by atoms with Crippen molar-refractivity contribution in [1.82, 2.24) is 0 Å². The van der Waals surface area contributed by atoms with Crippen LogP contribution in [0.1, 0.15) is 106 Å². The summed E-state index contributed by atoms with van der Waals surface area (Å²) in [6.45, 7) is 12.7. The van der Waals surface area contributed by atoms with Crippen LogP contribution in [0.15, 0.2) is 23.8 Å². The molecule has 38 heteroatoms. The SMILES string of the molecule is C=C(C)CCC[C@]1(C)OC(=O)[C@]23CC[C@H]4C(=CC[C@H]5C(C)(C)C(O[C@@H]6OC[C@@H](OS(=O)(=O)[O-])[C@H](O)[C@H]6O[C@@H]6O[C@H](CO)[C@@H](O[C@@H]7O[C@H](COS(=O)(=O)[O-])[C@@H](O)[C@H](O[C@@H]8O[C@H](CO)[C@@H](O)[C@H](OC)[C@H]8O)[C@H]7O)[C@H](O)[C@H]6O[C@@H]6OC[C@@H](O)[C@H](O)[C@H]6O)CC[C@]45C)[C@]2(C)C[C@H](OC(C)=O)[C@@H]31.[Na+].[Na+]. The van der Waals surface area contributed by atoms with Crippen LogP contribution in [-0.4, -0.2) is 293 Å². The zero-order chi connectivity index (χ0) is 71.2. The van der Waals surface area contributed by atoms with Gasteiger partial charge in [0.05, 0.1) is 50.5 Å². The fourth-order valence-corrected chi connectivity index (χ4v) is 18.8. The average Bonchev–Trinajstić information content (AvgIpc) is 1.53. The fourth-order valence-electron chi connectivity index (χ4n) is 18.0. The van der Waals surface area contributed by atoms with Gasteiger partial charge in [-0.05, 0) is 94.3 Å². The Balaban J connectivity index is 0.00000624. The number of esters is 2. The summed E-state index contributed by atoms with van der Waals surface area (Å²) in [4.78, 5) is 27.7. The van der Waals surface area contributed by atoms with Gasteiger partial charge in [0.15, 0.2) is 31.5 Å². The molecule has 1 spiro atoms. The van der Waals surface area contributed by atoms with E-state index in [2.05, 4.69) is 30.7 Å². The molecule has 3 saturated carbocycles. The molecule has 4 aliphatic carbocycles. The number of fused-ring (bicyclic) bond motifs is 4. The number of hydrogen-bond acceptors (Lipinski definition) is 34. The predicted molar refractivity (Wildman–Crippen MR) is 316 cm³/mol. The summed E-state index contributed by atoms with van der Waals surface area (Å²) in [6, 6.07) is 0. The van der Waals surface area contributed by atoms with Gasteiger partial charge >= 0.3 is 71.1 Å². The van der Waals surface area contributed by atoms with Gasteiger partial charge in [0.2, 0.25) is 20.8 Å². The molecule has 0 aromatic heterocycles. The van der Waals surface area contributed by atoms with Gasteiger partial charge < -0.3 is 127 Å². The minimum atomic E-state index is -5.61. The topological polar surface area (TPSA) is 510 Å². The van der Waals surface area contributed by atoms with Crippen molar-refractivity contribution in [2.24, 2.45) is 39.4 Å². The van der Waals surface area contributed by atoms with E-state index in [-0.39, 0.29) is 76.9 Å². The van der Waals surface area contributed by atoms with E-state index in [9.17, 15) is 91.7 Å². The minimum absolute atomic E-state index is 0. The first kappa shape index (κ1) is 83.9. The standard InChI is InChI=1S/C61H96O34S2.2Na/c1-25(2)11-10-16-60(8)50-30(85-26(3)64)19-59(7)28-12-13-35-57(4,5)36(15-17-58(35,6)27(28)14-18-61(50,59)56(74)94-60)89-54-48(40(69)34(23-83-54)95-97(78,79)80)93-55-49(92-51-41(70)37(66)29(65)22-82-51)42(71)45(32(21-63)87-55)90-53-44(73)47(39(68)33(88-53)24-84-96(75,76)77)91-52-43(72)46(81-9)38(67)31(20-62)86-52;;/h12,27,29-55,62-63,65-73H,1,10-11,13-24H2,2-9H3,(H,75,76,77)(H,78,79,80);;/q;2*+1/p-2/t27-,29+,30-,31+,32+,33+,34+,35-,36?,37-,38+,39+,40-,41+,42-,43+,44+,45+,46-,47-,48+,49+,50+,51-,52-,53-,54-,55-,58+,59-,60-,61+;;/m0../s1. The third kappa shape index (κ3) is 16.2. The summed E-state index contributed by atoms with van der Waals surface area (Å²) in [5.74, 6) is -1.44. The predicted octanol–water partition coefficient (Wildman–Crippen LogP) is -9.43. The Hall–Kier alpha value is -0.720. The van der Waals surface area contributed by atoms with Gasteiger partial charge in [-0.3, -0.25) is 18.0 Å². The second-order valence-electron chi connectivity index (χ2n) is 28.9. The Morgan fingerprint density at radius 3 is 1.86 bits per heavy atom. The van der Waals surface area contributed by atoms with Crippen LogP contribution < -0.4 is 59.1 Å². The number of ether oxygens (including phenoxy) is 13. The largest absolute Gasteiger partial charge is 1.00 e. The van der Waals surface area contributed by atoms with E-state index < -0.39 is 247 Å². The van der Waals surface area contributed by atoms with Crippen molar-refractivity contribution in [2.75, 3.05) is 40.1 Å². The monoisotopic (exact) mass is 1480 g/mol. The number of carbonyl (C=O) groups excluding carboxylic acids is 2. The summed E-state index contributed by atoms with van der Waals surface area (Å²) >= 11 is 0. The quantitative estimate of drug-likeness (QED) is 0.0149. The number of aliphatic hydroxyl groups excluding tert-OH is 11. The van der Waals surface area contributed by atoms with E-state index >= 15 is 0 Å². The number of cyclic esters (lactones) is 1. The Morgan fingerprint density at radius 2 is 1.24 bits per heavy atom. The third-order valence-electron chi connectivity index (χ3n) is 22.6. The zero-order valence-corrected chi connectivity index (χ0v) is 62.6. The smallest absolute Gasteiger partial charge is 0.726 e. The van der Waals surface area contributed by atoms with Crippen LogP contribution in [0.3, 0.4) is 0 Å². The summed E-state index contributed by atoms with van der Waals surface area (Å²) in [5, 5.41) is 123. The number of aliphatic hydroxyl groups is 11. The first-order chi connectivity index (χ1) is 45.3. The molecule has 0 aromatic carbocycles. The van der Waals surface area contributed by atoms with Crippen LogP contribution in [0, 0.1) is 39.4 Å². The molecule has 1 unspecified atom stereocenters. The van der Waals surface area contributed by atoms with Crippen LogP contribution in [0.4, 0.5) is 0 Å². The third-order valence-corrected chi connectivity index (χ3v) is 23.5. The maximum absolute atomic E-state index is 14.8. The van der Waals surface area contributed by atoms with Gasteiger partial charge in [-0.15, -0.1) is 6.58 Å². The normalized spacial score (nSPS) is 47.4. The first-order valence-corrected chi connectivity index (χ1v) is 35.3. The molecule has 10 rings (SSSR count). The van der Waals surface area contributed by atoms with Crippen molar-refractivity contribution in [1.29, 1.82) is 0 Å². The van der Waals surface area contributed by atoms with Gasteiger partial charge in [0.1, 0.15) is 122 Å². The van der Waals surface area contributed by atoms with Crippen molar-refractivity contribution >= 4 is 32.7 Å². The van der Waals surface area contributed by atoms with E-state index in [1.165, 1.54) is 6.92 Å². The fraction of sp³-hybridized carbons (Fsp3) is 0.902. The molecule has 11 N–H and O–H groups in total. The van der Waals surface area contributed by atoms with Gasteiger partial charge in [0.25, 0.3) is 0 Å². The molecule has 0 radical (unpaired) electrons. The van der Waals surface area contributed by atoms with Crippen molar-refractivity contribution in [3.8, 4) is 0 Å². The molecule has 99 heavy (non-hydrogen) atoms. The molecule has 9 fully saturated rings. The van der Waals surface area contributed by atoms with Crippen LogP contribution in [0.2, 0.25) is 0 Å². The van der Waals surface area contributed by atoms with E-state index in [1.54, 1.807) is 0 Å². The Bertz CT molecular complexity index is 3080. The number of carbonyl (C=O) groups is 2. The van der Waals surface area contributed by atoms with Crippen molar-refractivity contribution in [3.63, 3.8) is 0 Å². The molecular formula is C61H94Na2O34S2.